The van der Waals surface area contributed by atoms with Crippen molar-refractivity contribution in [2.75, 3.05) is 17.3 Å². The molecule has 1 heterocycles. The van der Waals surface area contributed by atoms with Crippen LogP contribution in [0.3, 0.4) is 0 Å². The molecule has 0 unspecified atom stereocenters. The molecule has 2 aromatic rings. The number of unbranched alkanes of at least 4 members (excludes halogenated alkanes) is 1. The first-order valence-electron chi connectivity index (χ1n) is 7.09. The molecule has 0 aliphatic heterocycles. The highest BCUT2D eigenvalue weighted by Crippen LogP contribution is 2.34. The third-order valence-electron chi connectivity index (χ3n) is 3.09. The van der Waals surface area contributed by atoms with Crippen LogP contribution in [0.15, 0.2) is 29.0 Å². The van der Waals surface area contributed by atoms with E-state index in [1.165, 1.54) is 11.3 Å². The number of carbonyl (C=O) groups excluding carboxylic acids is 1. The van der Waals surface area contributed by atoms with Crippen LogP contribution in [0.25, 0.3) is 0 Å². The number of hydrogen-bond donors (Lipinski definition) is 1. The molecule has 3 nitrogen and oxygen atoms in total. The topological polar surface area (TPSA) is 38.3 Å². The monoisotopic (exact) mass is 435 g/mol. The van der Waals surface area contributed by atoms with Gasteiger partial charge < -0.3 is 10.1 Å². The summed E-state index contributed by atoms with van der Waals surface area (Å²) in [7, 11) is 0. The molecule has 0 saturated heterocycles. The van der Waals surface area contributed by atoms with Crippen LogP contribution in [0.2, 0.25) is 10.0 Å². The third-order valence-corrected chi connectivity index (χ3v) is 5.07. The van der Waals surface area contributed by atoms with Gasteiger partial charge in [-0.05, 0) is 35.9 Å². The lowest BCUT2D eigenvalue weighted by Gasteiger charge is -2.11. The summed E-state index contributed by atoms with van der Waals surface area (Å²) in [4.78, 5) is 11.9. The molecule has 124 valence electrons. The average molecular weight is 437 g/mol. The predicted molar refractivity (Wildman–Crippen MR) is 102 cm³/mol. The zero-order chi connectivity index (χ0) is 16.7. The average Bonchev–Trinajstić information content (AvgIpc) is 2.94. The molecule has 2 rings (SSSR count). The van der Waals surface area contributed by atoms with Crippen LogP contribution in [0.5, 0.6) is 0 Å². The van der Waals surface area contributed by atoms with Crippen molar-refractivity contribution in [2.45, 2.75) is 19.3 Å². The molecule has 1 aromatic carbocycles. The number of rotatable bonds is 8. The van der Waals surface area contributed by atoms with Gasteiger partial charge in [0.15, 0.2) is 0 Å². The Labute approximate surface area is 158 Å². The Bertz CT molecular complexity index is 643. The van der Waals surface area contributed by atoms with Crippen molar-refractivity contribution >= 4 is 67.8 Å². The van der Waals surface area contributed by atoms with Gasteiger partial charge in [0.2, 0.25) is 0 Å². The van der Waals surface area contributed by atoms with Crippen LogP contribution in [-0.2, 0) is 16.0 Å². The SMILES string of the molecule is O=C(Cc1cscc1Nc1c(Cl)cccc1Cl)OCCCCBr. The Balaban J connectivity index is 1.98. The number of ether oxygens (including phenoxy) is 1. The highest BCUT2D eigenvalue weighted by molar-refractivity contribution is 9.09. The number of nitrogens with one attached hydrogen (secondary N) is 1. The summed E-state index contributed by atoms with van der Waals surface area (Å²) in [5.74, 6) is -0.230. The number of carbonyl (C=O) groups is 1. The minimum atomic E-state index is -0.230. The fraction of sp³-hybridized carbons (Fsp3) is 0.312. The Kier molecular flexibility index (Phi) is 7.70. The smallest absolute Gasteiger partial charge is 0.310 e. The summed E-state index contributed by atoms with van der Waals surface area (Å²) in [6, 6.07) is 5.31. The van der Waals surface area contributed by atoms with E-state index in [-0.39, 0.29) is 12.4 Å². The molecule has 0 radical (unpaired) electrons. The molecular weight excluding hydrogens is 421 g/mol. The predicted octanol–water partition coefficient (Wildman–Crippen LogP) is 6.06. The molecular formula is C16H16BrCl2NO2S. The van der Waals surface area contributed by atoms with E-state index in [4.69, 9.17) is 27.9 Å². The van der Waals surface area contributed by atoms with Crippen LogP contribution in [0.4, 0.5) is 11.4 Å². The highest BCUT2D eigenvalue weighted by Gasteiger charge is 2.13. The van der Waals surface area contributed by atoms with E-state index >= 15 is 0 Å². The number of esters is 1. The molecule has 7 heteroatoms. The van der Waals surface area contributed by atoms with Crippen LogP contribution in [-0.4, -0.2) is 17.9 Å². The van der Waals surface area contributed by atoms with Crippen LogP contribution in [0.1, 0.15) is 18.4 Å². The van der Waals surface area contributed by atoms with Gasteiger partial charge in [0.1, 0.15) is 0 Å². The van der Waals surface area contributed by atoms with Crippen molar-refractivity contribution in [1.82, 2.24) is 0 Å². The summed E-state index contributed by atoms with van der Waals surface area (Å²) in [5, 5.41) is 9.04. The Morgan fingerprint density at radius 2 is 1.96 bits per heavy atom. The van der Waals surface area contributed by atoms with Crippen molar-refractivity contribution < 1.29 is 9.53 Å². The van der Waals surface area contributed by atoms with E-state index in [1.54, 1.807) is 18.2 Å². The van der Waals surface area contributed by atoms with E-state index in [1.807, 2.05) is 10.8 Å². The molecule has 0 spiro atoms. The standard InChI is InChI=1S/C16H16BrCl2NO2S/c17-6-1-2-7-22-15(21)8-11-9-23-10-14(11)20-16-12(18)4-3-5-13(16)19/h3-5,9-10,20H,1-2,6-8H2. The normalized spacial score (nSPS) is 10.6. The van der Waals surface area contributed by atoms with Crippen molar-refractivity contribution in [3.8, 4) is 0 Å². The van der Waals surface area contributed by atoms with Gasteiger partial charge in [-0.1, -0.05) is 45.2 Å². The molecule has 0 aliphatic carbocycles. The summed E-state index contributed by atoms with van der Waals surface area (Å²) in [6.45, 7) is 0.452. The Morgan fingerprint density at radius 1 is 1.22 bits per heavy atom. The zero-order valence-corrected chi connectivity index (χ0v) is 16.2. The van der Waals surface area contributed by atoms with Gasteiger partial charge in [-0.25, -0.2) is 0 Å². The van der Waals surface area contributed by atoms with E-state index in [2.05, 4.69) is 21.2 Å². The minimum Gasteiger partial charge on any atom is -0.465 e. The van der Waals surface area contributed by atoms with E-state index in [9.17, 15) is 4.79 Å². The molecule has 0 aliphatic rings. The number of halogens is 3. The fourth-order valence-electron chi connectivity index (χ4n) is 1.91. The number of alkyl halides is 1. The summed E-state index contributed by atoms with van der Waals surface area (Å²) < 4.78 is 5.24. The quantitative estimate of drug-likeness (QED) is 0.310. The van der Waals surface area contributed by atoms with Crippen LogP contribution >= 0.6 is 50.5 Å². The molecule has 0 fully saturated rings. The number of anilines is 2. The van der Waals surface area contributed by atoms with E-state index in [0.29, 0.717) is 22.3 Å². The van der Waals surface area contributed by atoms with E-state index in [0.717, 1.165) is 29.4 Å². The van der Waals surface area contributed by atoms with Gasteiger partial charge in [-0.3, -0.25) is 4.79 Å². The molecule has 0 bridgehead atoms. The number of hydrogen-bond acceptors (Lipinski definition) is 4. The maximum Gasteiger partial charge on any atom is 0.310 e. The lowest BCUT2D eigenvalue weighted by Crippen LogP contribution is -2.09. The lowest BCUT2D eigenvalue weighted by atomic mass is 10.2. The number of para-hydroxylation sites is 1. The summed E-state index contributed by atoms with van der Waals surface area (Å²) >= 11 is 17.2. The fourth-order valence-corrected chi connectivity index (χ4v) is 3.59. The third kappa shape index (κ3) is 5.68. The first-order chi connectivity index (χ1) is 11.1. The molecule has 0 amide bonds. The number of thiophene rings is 1. The molecule has 1 N–H and O–H groups in total. The van der Waals surface area contributed by atoms with Gasteiger partial charge in [0.05, 0.1) is 34.4 Å². The first-order valence-corrected chi connectivity index (χ1v) is 9.91. The van der Waals surface area contributed by atoms with Crippen LogP contribution in [0, 0.1) is 0 Å². The summed E-state index contributed by atoms with van der Waals surface area (Å²) in [6.07, 6.45) is 2.08. The second kappa shape index (κ2) is 9.52. The van der Waals surface area contributed by atoms with Crippen LogP contribution < -0.4 is 5.32 Å². The second-order valence-corrected chi connectivity index (χ2v) is 7.18. The maximum absolute atomic E-state index is 11.9. The van der Waals surface area contributed by atoms with Gasteiger partial charge in [0.25, 0.3) is 0 Å². The van der Waals surface area contributed by atoms with Crippen molar-refractivity contribution in [2.24, 2.45) is 0 Å². The maximum atomic E-state index is 11.9. The second-order valence-electron chi connectivity index (χ2n) is 4.83. The van der Waals surface area contributed by atoms with Gasteiger partial charge in [-0.2, -0.15) is 0 Å². The van der Waals surface area contributed by atoms with Gasteiger partial charge in [0, 0.05) is 10.7 Å². The minimum absolute atomic E-state index is 0.224. The van der Waals surface area contributed by atoms with E-state index < -0.39 is 0 Å². The Hall–Kier alpha value is -0.750. The van der Waals surface area contributed by atoms with Crippen molar-refractivity contribution in [1.29, 1.82) is 0 Å². The van der Waals surface area contributed by atoms with Gasteiger partial charge >= 0.3 is 5.97 Å². The van der Waals surface area contributed by atoms with Crippen molar-refractivity contribution in [3.05, 3.63) is 44.6 Å². The molecule has 23 heavy (non-hydrogen) atoms. The molecule has 0 saturated carbocycles. The Morgan fingerprint density at radius 3 is 2.65 bits per heavy atom. The molecule has 1 aromatic heterocycles. The first kappa shape index (κ1) is 18.6. The highest BCUT2D eigenvalue weighted by atomic mass is 79.9. The van der Waals surface area contributed by atoms with Crippen molar-refractivity contribution in [3.63, 3.8) is 0 Å². The number of benzene rings is 1. The zero-order valence-electron chi connectivity index (χ0n) is 12.3. The lowest BCUT2D eigenvalue weighted by molar-refractivity contribution is -0.142. The largest absolute Gasteiger partial charge is 0.465 e. The van der Waals surface area contributed by atoms with Gasteiger partial charge in [-0.15, -0.1) is 11.3 Å². The summed E-state index contributed by atoms with van der Waals surface area (Å²) in [5.41, 5.74) is 2.33. The molecule has 0 atom stereocenters.